The summed E-state index contributed by atoms with van der Waals surface area (Å²) in [6.07, 6.45) is 1.88. The molecule has 0 bridgehead atoms. The fourth-order valence-corrected chi connectivity index (χ4v) is 2.19. The number of hydrogen-bond acceptors (Lipinski definition) is 4. The number of methoxy groups -OCH3 is 1. The van der Waals surface area contributed by atoms with Crippen molar-refractivity contribution >= 4 is 5.69 Å². The first kappa shape index (κ1) is 15.2. The van der Waals surface area contributed by atoms with Gasteiger partial charge in [-0.05, 0) is 61.3 Å². The molecule has 112 valence electrons. The Balaban J connectivity index is 1.70. The Hall–Kier alpha value is -2.20. The number of nitrogen functional groups attached to an aromatic ring is 1. The van der Waals surface area contributed by atoms with Crippen molar-refractivity contribution in [2.45, 2.75) is 12.8 Å². The second kappa shape index (κ2) is 7.55. The van der Waals surface area contributed by atoms with Crippen LogP contribution < -0.4 is 15.8 Å². The summed E-state index contributed by atoms with van der Waals surface area (Å²) in [4.78, 5) is 0. The maximum atomic E-state index is 9.22. The Morgan fingerprint density at radius 1 is 1.00 bits per heavy atom. The molecule has 0 saturated carbocycles. The topological polar surface area (TPSA) is 67.5 Å². The highest BCUT2D eigenvalue weighted by Gasteiger charge is 2.00. The molecule has 0 unspecified atom stereocenters. The fraction of sp³-hybridized carbons (Fsp3) is 0.294. The van der Waals surface area contributed by atoms with Crippen molar-refractivity contribution in [3.63, 3.8) is 0 Å². The third-order valence-electron chi connectivity index (χ3n) is 3.41. The number of phenolic OH excluding ortho intramolecular Hbond substituents is 1. The molecular weight excluding hydrogens is 264 g/mol. The van der Waals surface area contributed by atoms with Crippen LogP contribution in [0.4, 0.5) is 5.69 Å². The van der Waals surface area contributed by atoms with Crippen LogP contribution in [-0.2, 0) is 12.8 Å². The van der Waals surface area contributed by atoms with E-state index in [-0.39, 0.29) is 0 Å². The third-order valence-corrected chi connectivity index (χ3v) is 3.41. The molecule has 0 radical (unpaired) electrons. The number of hydrogen-bond donors (Lipinski definition) is 3. The molecule has 0 saturated heterocycles. The molecule has 2 aromatic rings. The third kappa shape index (κ3) is 4.68. The van der Waals surface area contributed by atoms with Gasteiger partial charge < -0.3 is 20.9 Å². The molecule has 0 aromatic heterocycles. The van der Waals surface area contributed by atoms with Crippen LogP contribution in [0, 0.1) is 0 Å². The van der Waals surface area contributed by atoms with Crippen LogP contribution in [0.15, 0.2) is 42.5 Å². The van der Waals surface area contributed by atoms with Gasteiger partial charge >= 0.3 is 0 Å². The van der Waals surface area contributed by atoms with E-state index in [1.54, 1.807) is 19.2 Å². The number of nitrogens with two attached hydrogens (primary N) is 1. The predicted molar refractivity (Wildman–Crippen MR) is 85.8 cm³/mol. The lowest BCUT2D eigenvalue weighted by atomic mass is 10.1. The summed E-state index contributed by atoms with van der Waals surface area (Å²) >= 11 is 0. The van der Waals surface area contributed by atoms with Gasteiger partial charge in [-0.3, -0.25) is 0 Å². The minimum atomic E-state index is 0.309. The summed E-state index contributed by atoms with van der Waals surface area (Å²) in [6.45, 7) is 1.82. The molecule has 0 heterocycles. The minimum Gasteiger partial charge on any atom is -0.508 e. The van der Waals surface area contributed by atoms with Crippen LogP contribution in [-0.4, -0.2) is 25.3 Å². The van der Waals surface area contributed by atoms with Crippen LogP contribution in [0.3, 0.4) is 0 Å². The highest BCUT2D eigenvalue weighted by molar-refractivity contribution is 5.54. The zero-order valence-electron chi connectivity index (χ0n) is 12.3. The summed E-state index contributed by atoms with van der Waals surface area (Å²) in [7, 11) is 1.62. The quantitative estimate of drug-likeness (QED) is 0.540. The van der Waals surface area contributed by atoms with Gasteiger partial charge in [0.1, 0.15) is 11.5 Å². The van der Waals surface area contributed by atoms with E-state index in [9.17, 15) is 5.11 Å². The van der Waals surface area contributed by atoms with Crippen molar-refractivity contribution in [3.8, 4) is 11.5 Å². The highest BCUT2D eigenvalue weighted by atomic mass is 16.5. The van der Waals surface area contributed by atoms with Gasteiger partial charge in [0.25, 0.3) is 0 Å². The van der Waals surface area contributed by atoms with Gasteiger partial charge in [-0.25, -0.2) is 0 Å². The van der Waals surface area contributed by atoms with E-state index in [2.05, 4.69) is 5.32 Å². The number of phenols is 1. The van der Waals surface area contributed by atoms with E-state index in [4.69, 9.17) is 10.5 Å². The molecule has 4 N–H and O–H groups in total. The molecule has 0 aliphatic carbocycles. The first-order valence-electron chi connectivity index (χ1n) is 7.10. The second-order valence-electron chi connectivity index (χ2n) is 4.99. The molecule has 4 nitrogen and oxygen atoms in total. The fourth-order valence-electron chi connectivity index (χ4n) is 2.19. The van der Waals surface area contributed by atoms with Crippen molar-refractivity contribution in [3.05, 3.63) is 53.6 Å². The normalized spacial score (nSPS) is 10.5. The number of ether oxygens (including phenoxy) is 1. The largest absolute Gasteiger partial charge is 0.508 e. The van der Waals surface area contributed by atoms with Crippen molar-refractivity contribution in [1.29, 1.82) is 0 Å². The van der Waals surface area contributed by atoms with E-state index in [0.717, 1.165) is 31.7 Å². The summed E-state index contributed by atoms with van der Waals surface area (Å²) in [5, 5.41) is 12.6. The zero-order valence-corrected chi connectivity index (χ0v) is 12.3. The lowest BCUT2D eigenvalue weighted by Gasteiger charge is -2.08. The highest BCUT2D eigenvalue weighted by Crippen LogP contribution is 2.21. The molecule has 0 atom stereocenters. The van der Waals surface area contributed by atoms with Crippen molar-refractivity contribution < 1.29 is 9.84 Å². The lowest BCUT2D eigenvalue weighted by molar-refractivity contribution is 0.417. The number of benzene rings is 2. The minimum absolute atomic E-state index is 0.309. The molecule has 4 heteroatoms. The van der Waals surface area contributed by atoms with Gasteiger partial charge in [-0.2, -0.15) is 0 Å². The molecule has 0 aliphatic heterocycles. The molecule has 0 aliphatic rings. The van der Waals surface area contributed by atoms with Crippen LogP contribution in [0.5, 0.6) is 11.5 Å². The first-order valence-corrected chi connectivity index (χ1v) is 7.10. The van der Waals surface area contributed by atoms with E-state index in [1.807, 2.05) is 30.3 Å². The monoisotopic (exact) mass is 286 g/mol. The molecule has 0 amide bonds. The average molecular weight is 286 g/mol. The van der Waals surface area contributed by atoms with E-state index >= 15 is 0 Å². The summed E-state index contributed by atoms with van der Waals surface area (Å²) in [6, 6.07) is 13.2. The SMILES string of the molecule is COc1ccc(CCNCCc2ccc(O)cc2)cc1N. The van der Waals surface area contributed by atoms with Crippen LogP contribution in [0.1, 0.15) is 11.1 Å². The Kier molecular flexibility index (Phi) is 5.46. The standard InChI is InChI=1S/C17H22N2O2/c1-21-17-7-4-14(12-16(17)18)9-11-19-10-8-13-2-5-15(20)6-3-13/h2-7,12,19-20H,8-11,18H2,1H3. The smallest absolute Gasteiger partial charge is 0.141 e. The number of aromatic hydroxyl groups is 1. The second-order valence-corrected chi connectivity index (χ2v) is 4.99. The Morgan fingerprint density at radius 2 is 1.62 bits per heavy atom. The van der Waals surface area contributed by atoms with Crippen LogP contribution >= 0.6 is 0 Å². The van der Waals surface area contributed by atoms with Crippen LogP contribution in [0.25, 0.3) is 0 Å². The number of rotatable bonds is 7. The van der Waals surface area contributed by atoms with E-state index < -0.39 is 0 Å². The average Bonchev–Trinajstić information content (AvgIpc) is 2.49. The van der Waals surface area contributed by atoms with Crippen molar-refractivity contribution in [1.82, 2.24) is 5.32 Å². The molecule has 2 rings (SSSR count). The molecule has 21 heavy (non-hydrogen) atoms. The lowest BCUT2D eigenvalue weighted by Crippen LogP contribution is -2.20. The maximum Gasteiger partial charge on any atom is 0.141 e. The first-order chi connectivity index (χ1) is 10.2. The van der Waals surface area contributed by atoms with Crippen molar-refractivity contribution in [2.24, 2.45) is 0 Å². The Bertz CT molecular complexity index is 568. The molecule has 0 spiro atoms. The number of nitrogens with one attached hydrogen (secondary N) is 1. The van der Waals surface area contributed by atoms with Gasteiger partial charge in [0.2, 0.25) is 0 Å². The predicted octanol–water partition coefficient (Wildman–Crippen LogP) is 2.36. The molecular formula is C17H22N2O2. The van der Waals surface area contributed by atoms with Gasteiger partial charge in [0, 0.05) is 0 Å². The van der Waals surface area contributed by atoms with E-state index in [1.165, 1.54) is 11.1 Å². The van der Waals surface area contributed by atoms with Gasteiger partial charge in [-0.15, -0.1) is 0 Å². The summed E-state index contributed by atoms with van der Waals surface area (Å²) in [5.41, 5.74) is 8.98. The zero-order chi connectivity index (χ0) is 15.1. The molecule has 0 fully saturated rings. The summed E-state index contributed by atoms with van der Waals surface area (Å²) in [5.74, 6) is 1.03. The number of anilines is 1. The Labute approximate surface area is 125 Å². The Morgan fingerprint density at radius 3 is 2.24 bits per heavy atom. The van der Waals surface area contributed by atoms with Gasteiger partial charge in [0.05, 0.1) is 12.8 Å². The van der Waals surface area contributed by atoms with Crippen LogP contribution in [0.2, 0.25) is 0 Å². The molecule has 2 aromatic carbocycles. The van der Waals surface area contributed by atoms with E-state index in [0.29, 0.717) is 11.4 Å². The van der Waals surface area contributed by atoms with Gasteiger partial charge in [0.15, 0.2) is 0 Å². The maximum absolute atomic E-state index is 9.22. The van der Waals surface area contributed by atoms with Gasteiger partial charge in [-0.1, -0.05) is 18.2 Å². The summed E-state index contributed by atoms with van der Waals surface area (Å²) < 4.78 is 5.14. The van der Waals surface area contributed by atoms with Crippen molar-refractivity contribution in [2.75, 3.05) is 25.9 Å².